The maximum absolute atomic E-state index is 13.0. The Morgan fingerprint density at radius 1 is 1.47 bits per heavy atom. The first-order chi connectivity index (χ1) is 7.06. The molecule has 2 nitrogen and oxygen atoms in total. The summed E-state index contributed by atoms with van der Waals surface area (Å²) in [5, 5.41) is 9.55. The van der Waals surface area contributed by atoms with E-state index in [0.717, 1.165) is 18.7 Å². The molecule has 0 unspecified atom stereocenters. The highest BCUT2D eigenvalue weighted by molar-refractivity contribution is 5.54. The Morgan fingerprint density at radius 3 is 2.67 bits per heavy atom. The predicted molar refractivity (Wildman–Crippen MR) is 60.6 cm³/mol. The van der Waals surface area contributed by atoms with Gasteiger partial charge in [0.1, 0.15) is 5.82 Å². The van der Waals surface area contributed by atoms with E-state index in [1.807, 2.05) is 11.9 Å². The highest BCUT2D eigenvalue weighted by atomic mass is 19.1. The van der Waals surface area contributed by atoms with Gasteiger partial charge >= 0.3 is 0 Å². The second-order valence-electron chi connectivity index (χ2n) is 3.80. The van der Waals surface area contributed by atoms with Gasteiger partial charge < -0.3 is 10.0 Å². The molecule has 1 aromatic carbocycles. The monoisotopic (exact) mass is 211 g/mol. The Labute approximate surface area is 90.3 Å². The largest absolute Gasteiger partial charge is 0.389 e. The van der Waals surface area contributed by atoms with Gasteiger partial charge in [-0.15, -0.1) is 0 Å². The zero-order valence-electron chi connectivity index (χ0n) is 9.50. The molecule has 0 aromatic heterocycles. The standard InChI is InChI=1S/C12H18FNO/c1-4-7-14(3)12-6-5-10(13)8-11(12)9(2)15/h5-6,8-9,15H,4,7H2,1-3H3/t9-/m1/s1. The second-order valence-corrected chi connectivity index (χ2v) is 3.80. The lowest BCUT2D eigenvalue weighted by Gasteiger charge is -2.23. The molecular formula is C12H18FNO. The molecule has 0 fully saturated rings. The van der Waals surface area contributed by atoms with E-state index >= 15 is 0 Å². The van der Waals surface area contributed by atoms with Crippen LogP contribution in [0.15, 0.2) is 18.2 Å². The third-order valence-electron chi connectivity index (χ3n) is 2.41. The number of aliphatic hydroxyl groups is 1. The summed E-state index contributed by atoms with van der Waals surface area (Å²) in [5.74, 6) is -0.306. The smallest absolute Gasteiger partial charge is 0.123 e. The minimum atomic E-state index is -0.644. The van der Waals surface area contributed by atoms with Crippen LogP contribution in [-0.4, -0.2) is 18.7 Å². The summed E-state index contributed by atoms with van der Waals surface area (Å²) >= 11 is 0. The van der Waals surface area contributed by atoms with Gasteiger partial charge in [-0.1, -0.05) is 6.92 Å². The Hall–Kier alpha value is -1.09. The van der Waals surface area contributed by atoms with Crippen LogP contribution in [0.1, 0.15) is 31.9 Å². The predicted octanol–water partition coefficient (Wildman–Crippen LogP) is 2.73. The van der Waals surface area contributed by atoms with Crippen molar-refractivity contribution in [3.63, 3.8) is 0 Å². The summed E-state index contributed by atoms with van der Waals surface area (Å²) < 4.78 is 13.0. The molecule has 1 aromatic rings. The molecular weight excluding hydrogens is 193 g/mol. The molecule has 1 rings (SSSR count). The Kier molecular flexibility index (Phi) is 4.09. The average Bonchev–Trinajstić information content (AvgIpc) is 2.17. The maximum atomic E-state index is 13.0. The van der Waals surface area contributed by atoms with Gasteiger partial charge in [-0.2, -0.15) is 0 Å². The molecule has 15 heavy (non-hydrogen) atoms. The van der Waals surface area contributed by atoms with Crippen LogP contribution in [0, 0.1) is 5.82 Å². The summed E-state index contributed by atoms with van der Waals surface area (Å²) in [5.41, 5.74) is 1.54. The van der Waals surface area contributed by atoms with E-state index in [9.17, 15) is 9.50 Å². The number of anilines is 1. The zero-order chi connectivity index (χ0) is 11.4. The summed E-state index contributed by atoms with van der Waals surface area (Å²) in [6, 6.07) is 4.53. The number of nitrogens with zero attached hydrogens (tertiary/aromatic N) is 1. The van der Waals surface area contributed by atoms with Crippen LogP contribution in [0.2, 0.25) is 0 Å². The minimum Gasteiger partial charge on any atom is -0.389 e. The number of halogens is 1. The van der Waals surface area contributed by atoms with E-state index < -0.39 is 6.10 Å². The van der Waals surface area contributed by atoms with E-state index in [0.29, 0.717) is 5.56 Å². The lowest BCUT2D eigenvalue weighted by atomic mass is 10.1. The van der Waals surface area contributed by atoms with Gasteiger partial charge in [0.05, 0.1) is 6.10 Å². The molecule has 0 aliphatic heterocycles. The molecule has 1 N–H and O–H groups in total. The van der Waals surface area contributed by atoms with Crippen LogP contribution in [-0.2, 0) is 0 Å². The quantitative estimate of drug-likeness (QED) is 0.827. The highest BCUT2D eigenvalue weighted by Crippen LogP contribution is 2.26. The van der Waals surface area contributed by atoms with Crippen LogP contribution in [0.3, 0.4) is 0 Å². The first kappa shape index (κ1) is 12.0. The summed E-state index contributed by atoms with van der Waals surface area (Å²) in [4.78, 5) is 2.03. The normalized spacial score (nSPS) is 12.6. The number of hydrogen-bond acceptors (Lipinski definition) is 2. The Bertz CT molecular complexity index is 325. The van der Waals surface area contributed by atoms with Crippen LogP contribution >= 0.6 is 0 Å². The van der Waals surface area contributed by atoms with Crippen molar-refractivity contribution < 1.29 is 9.50 Å². The SMILES string of the molecule is CCCN(C)c1ccc(F)cc1[C@@H](C)O. The van der Waals surface area contributed by atoms with Crippen LogP contribution in [0.4, 0.5) is 10.1 Å². The van der Waals surface area contributed by atoms with Gasteiger partial charge in [-0.25, -0.2) is 4.39 Å². The van der Waals surface area contributed by atoms with Crippen LogP contribution < -0.4 is 4.90 Å². The molecule has 3 heteroatoms. The van der Waals surface area contributed by atoms with E-state index in [-0.39, 0.29) is 5.82 Å². The van der Waals surface area contributed by atoms with Crippen molar-refractivity contribution in [3.8, 4) is 0 Å². The highest BCUT2D eigenvalue weighted by Gasteiger charge is 2.11. The molecule has 0 saturated carbocycles. The third-order valence-corrected chi connectivity index (χ3v) is 2.41. The molecule has 84 valence electrons. The second kappa shape index (κ2) is 5.12. The van der Waals surface area contributed by atoms with Crippen LogP contribution in [0.25, 0.3) is 0 Å². The van der Waals surface area contributed by atoms with E-state index in [1.54, 1.807) is 13.0 Å². The number of hydrogen-bond donors (Lipinski definition) is 1. The molecule has 0 radical (unpaired) electrons. The molecule has 0 aliphatic carbocycles. The zero-order valence-corrected chi connectivity index (χ0v) is 9.50. The van der Waals surface area contributed by atoms with E-state index in [1.165, 1.54) is 12.1 Å². The molecule has 1 atom stereocenters. The topological polar surface area (TPSA) is 23.5 Å². The Morgan fingerprint density at radius 2 is 2.13 bits per heavy atom. The van der Waals surface area contributed by atoms with Crippen LogP contribution in [0.5, 0.6) is 0 Å². The maximum Gasteiger partial charge on any atom is 0.123 e. The molecule has 0 saturated heterocycles. The van der Waals surface area contributed by atoms with Gasteiger partial charge in [0.15, 0.2) is 0 Å². The van der Waals surface area contributed by atoms with E-state index in [2.05, 4.69) is 6.92 Å². The summed E-state index contributed by atoms with van der Waals surface area (Å²) in [7, 11) is 1.95. The van der Waals surface area contributed by atoms with Crippen molar-refractivity contribution in [2.75, 3.05) is 18.5 Å². The van der Waals surface area contributed by atoms with Crippen molar-refractivity contribution in [3.05, 3.63) is 29.6 Å². The van der Waals surface area contributed by atoms with Gasteiger partial charge in [0, 0.05) is 24.8 Å². The number of benzene rings is 1. The van der Waals surface area contributed by atoms with Crippen molar-refractivity contribution in [2.24, 2.45) is 0 Å². The summed E-state index contributed by atoms with van der Waals surface area (Å²) in [6.07, 6.45) is 0.377. The molecule has 0 amide bonds. The number of aliphatic hydroxyl groups excluding tert-OH is 1. The first-order valence-corrected chi connectivity index (χ1v) is 5.25. The first-order valence-electron chi connectivity index (χ1n) is 5.25. The molecule has 0 bridgehead atoms. The van der Waals surface area contributed by atoms with Crippen molar-refractivity contribution in [1.29, 1.82) is 0 Å². The Balaban J connectivity index is 3.05. The fourth-order valence-electron chi connectivity index (χ4n) is 1.66. The summed E-state index contributed by atoms with van der Waals surface area (Å²) in [6.45, 7) is 4.63. The fraction of sp³-hybridized carbons (Fsp3) is 0.500. The molecule has 0 heterocycles. The van der Waals surface area contributed by atoms with Crippen molar-refractivity contribution >= 4 is 5.69 Å². The minimum absolute atomic E-state index is 0.306. The molecule has 0 aliphatic rings. The van der Waals surface area contributed by atoms with Crippen molar-refractivity contribution in [1.82, 2.24) is 0 Å². The van der Waals surface area contributed by atoms with Crippen molar-refractivity contribution in [2.45, 2.75) is 26.4 Å². The van der Waals surface area contributed by atoms with Gasteiger partial charge in [0.2, 0.25) is 0 Å². The average molecular weight is 211 g/mol. The van der Waals surface area contributed by atoms with E-state index in [4.69, 9.17) is 0 Å². The lowest BCUT2D eigenvalue weighted by Crippen LogP contribution is -2.20. The third kappa shape index (κ3) is 2.93. The molecule has 0 spiro atoms. The lowest BCUT2D eigenvalue weighted by molar-refractivity contribution is 0.199. The fourth-order valence-corrected chi connectivity index (χ4v) is 1.66. The van der Waals surface area contributed by atoms with Gasteiger partial charge in [-0.05, 0) is 31.5 Å². The van der Waals surface area contributed by atoms with Gasteiger partial charge in [-0.3, -0.25) is 0 Å². The van der Waals surface area contributed by atoms with Gasteiger partial charge in [0.25, 0.3) is 0 Å². The number of rotatable bonds is 4.